The third kappa shape index (κ3) is 5.70. The minimum atomic E-state index is -3.10. The van der Waals surface area contributed by atoms with Crippen molar-refractivity contribution < 1.29 is 13.2 Å². The van der Waals surface area contributed by atoms with Crippen molar-refractivity contribution in [2.24, 2.45) is 4.99 Å². The molecular weight excluding hydrogens is 414 g/mol. The Morgan fingerprint density at radius 1 is 1.06 bits per heavy atom. The number of hydrogen-bond donors (Lipinski definition) is 1. The van der Waals surface area contributed by atoms with E-state index in [4.69, 9.17) is 0 Å². The summed E-state index contributed by atoms with van der Waals surface area (Å²) in [5.74, 6) is 0.927. The van der Waals surface area contributed by atoms with Gasteiger partial charge < -0.3 is 20.0 Å². The van der Waals surface area contributed by atoms with E-state index >= 15 is 0 Å². The largest absolute Gasteiger partial charge is 0.368 e. The first kappa shape index (κ1) is 23.4. The van der Waals surface area contributed by atoms with Crippen molar-refractivity contribution in [2.75, 3.05) is 63.0 Å². The van der Waals surface area contributed by atoms with Crippen molar-refractivity contribution in [3.05, 3.63) is 30.3 Å². The predicted octanol–water partition coefficient (Wildman–Crippen LogP) is 1.20. The van der Waals surface area contributed by atoms with Crippen molar-refractivity contribution in [3.8, 4) is 0 Å². The number of rotatable bonds is 5. The summed E-state index contributed by atoms with van der Waals surface area (Å²) in [5.41, 5.74) is 1.20. The maximum atomic E-state index is 12.7. The zero-order chi connectivity index (χ0) is 22.5. The average Bonchev–Trinajstić information content (AvgIpc) is 2.76. The first-order chi connectivity index (χ1) is 14.7. The van der Waals surface area contributed by atoms with E-state index in [1.807, 2.05) is 34.9 Å². The van der Waals surface area contributed by atoms with E-state index in [1.54, 1.807) is 13.8 Å². The van der Waals surface area contributed by atoms with Crippen molar-refractivity contribution in [1.82, 2.24) is 15.1 Å². The second-order valence-electron chi connectivity index (χ2n) is 8.69. The van der Waals surface area contributed by atoms with Gasteiger partial charge in [-0.05, 0) is 32.9 Å². The Hall–Kier alpha value is -2.29. The van der Waals surface area contributed by atoms with Crippen LogP contribution in [0.25, 0.3) is 0 Å². The molecule has 0 aliphatic carbocycles. The van der Waals surface area contributed by atoms with Crippen molar-refractivity contribution in [3.63, 3.8) is 0 Å². The molecule has 2 aliphatic heterocycles. The molecule has 9 heteroatoms. The van der Waals surface area contributed by atoms with Gasteiger partial charge in [-0.15, -0.1) is 0 Å². The van der Waals surface area contributed by atoms with Crippen molar-refractivity contribution in [1.29, 1.82) is 0 Å². The van der Waals surface area contributed by atoms with Crippen LogP contribution in [0.5, 0.6) is 0 Å². The number of aliphatic imine (C=N–C) groups is 1. The Bertz CT molecular complexity index is 878. The highest BCUT2D eigenvalue weighted by Crippen LogP contribution is 2.23. The van der Waals surface area contributed by atoms with Crippen LogP contribution in [-0.4, -0.2) is 92.9 Å². The molecule has 1 N–H and O–H groups in total. The molecule has 0 atom stereocenters. The molecule has 1 aromatic carbocycles. The van der Waals surface area contributed by atoms with Crippen LogP contribution >= 0.6 is 0 Å². The first-order valence-electron chi connectivity index (χ1n) is 11.1. The first-order valence-corrected chi connectivity index (χ1v) is 12.7. The van der Waals surface area contributed by atoms with Gasteiger partial charge in [0.2, 0.25) is 5.91 Å². The lowest BCUT2D eigenvalue weighted by atomic mass is 10.2. The number of benzene rings is 1. The third-order valence-electron chi connectivity index (χ3n) is 6.02. The summed E-state index contributed by atoms with van der Waals surface area (Å²) in [7, 11) is -3.10. The molecular formula is C22H35N5O3S. The number of carbonyl (C=O) groups is 1. The number of para-hydroxylation sites is 1. The SMILES string of the molecule is CCNC(=NCCC(=O)N1CCN(c2ccccc2)CC1)N1CCS(=O)(=O)C(C)(C)C1. The average molecular weight is 450 g/mol. The Labute approximate surface area is 186 Å². The van der Waals surface area contributed by atoms with Gasteiger partial charge in [0.1, 0.15) is 0 Å². The van der Waals surface area contributed by atoms with E-state index in [1.165, 1.54) is 5.69 Å². The van der Waals surface area contributed by atoms with E-state index in [0.29, 0.717) is 38.6 Å². The zero-order valence-corrected chi connectivity index (χ0v) is 19.7. The Morgan fingerprint density at radius 2 is 1.74 bits per heavy atom. The lowest BCUT2D eigenvalue weighted by molar-refractivity contribution is -0.131. The summed E-state index contributed by atoms with van der Waals surface area (Å²) in [6, 6.07) is 10.3. The molecule has 2 saturated heterocycles. The molecule has 31 heavy (non-hydrogen) atoms. The van der Waals surface area contributed by atoms with Crippen molar-refractivity contribution in [2.45, 2.75) is 31.9 Å². The fourth-order valence-corrected chi connectivity index (χ4v) is 5.38. The van der Waals surface area contributed by atoms with Crippen LogP contribution in [0.2, 0.25) is 0 Å². The highest BCUT2D eigenvalue weighted by Gasteiger charge is 2.41. The smallest absolute Gasteiger partial charge is 0.224 e. The standard InChI is InChI=1S/C22H35N5O3S/c1-4-23-21(27-16-17-31(29,30)22(2,3)18-27)24-11-10-20(28)26-14-12-25(13-15-26)19-8-6-5-7-9-19/h5-9H,4,10-18H2,1-3H3,(H,23,24). The quantitative estimate of drug-likeness (QED) is 0.537. The summed E-state index contributed by atoms with van der Waals surface area (Å²) >= 11 is 0. The topological polar surface area (TPSA) is 85.3 Å². The number of piperazine rings is 1. The van der Waals surface area contributed by atoms with Gasteiger partial charge in [-0.3, -0.25) is 9.79 Å². The molecule has 0 aromatic heterocycles. The number of anilines is 1. The summed E-state index contributed by atoms with van der Waals surface area (Å²) in [4.78, 5) is 23.5. The second kappa shape index (κ2) is 9.89. The van der Waals surface area contributed by atoms with Crippen LogP contribution in [-0.2, 0) is 14.6 Å². The zero-order valence-electron chi connectivity index (χ0n) is 18.9. The Kier molecular flexibility index (Phi) is 7.46. The molecule has 0 unspecified atom stereocenters. The minimum Gasteiger partial charge on any atom is -0.368 e. The predicted molar refractivity (Wildman–Crippen MR) is 125 cm³/mol. The number of carbonyl (C=O) groups excluding carboxylic acids is 1. The van der Waals surface area contributed by atoms with Gasteiger partial charge in [-0.1, -0.05) is 18.2 Å². The monoisotopic (exact) mass is 449 g/mol. The van der Waals surface area contributed by atoms with Crippen LogP contribution < -0.4 is 10.2 Å². The maximum Gasteiger partial charge on any atom is 0.224 e. The van der Waals surface area contributed by atoms with Crippen molar-refractivity contribution >= 4 is 27.4 Å². The second-order valence-corrected chi connectivity index (χ2v) is 11.4. The molecule has 0 radical (unpaired) electrons. The highest BCUT2D eigenvalue weighted by atomic mass is 32.2. The minimum absolute atomic E-state index is 0.119. The lowest BCUT2D eigenvalue weighted by Gasteiger charge is -2.39. The Balaban J connectivity index is 1.51. The van der Waals surface area contributed by atoms with Crippen LogP contribution in [0, 0.1) is 0 Å². The highest BCUT2D eigenvalue weighted by molar-refractivity contribution is 7.92. The van der Waals surface area contributed by atoms with Gasteiger partial charge in [0, 0.05) is 57.9 Å². The van der Waals surface area contributed by atoms with E-state index in [0.717, 1.165) is 26.2 Å². The van der Waals surface area contributed by atoms with Gasteiger partial charge in [0.15, 0.2) is 15.8 Å². The number of nitrogens with zero attached hydrogens (tertiary/aromatic N) is 4. The van der Waals surface area contributed by atoms with Gasteiger partial charge in [-0.2, -0.15) is 0 Å². The number of guanidine groups is 1. The summed E-state index contributed by atoms with van der Waals surface area (Å²) < 4.78 is 23.8. The number of hydrogen-bond acceptors (Lipinski definition) is 5. The Morgan fingerprint density at radius 3 is 2.35 bits per heavy atom. The van der Waals surface area contributed by atoms with Gasteiger partial charge in [0.05, 0.1) is 17.0 Å². The van der Waals surface area contributed by atoms with E-state index < -0.39 is 14.6 Å². The molecule has 172 valence electrons. The molecule has 3 rings (SSSR count). The number of amides is 1. The summed E-state index contributed by atoms with van der Waals surface area (Å²) in [5, 5.41) is 3.24. The molecule has 0 spiro atoms. The van der Waals surface area contributed by atoms with Crippen LogP contribution in [0.3, 0.4) is 0 Å². The van der Waals surface area contributed by atoms with Gasteiger partial charge in [-0.25, -0.2) is 8.42 Å². The molecule has 2 heterocycles. The normalized spacial score (nSPS) is 21.1. The molecule has 1 amide bonds. The third-order valence-corrected chi connectivity index (χ3v) is 8.55. The lowest BCUT2D eigenvalue weighted by Crippen LogP contribution is -2.57. The maximum absolute atomic E-state index is 12.7. The van der Waals surface area contributed by atoms with E-state index in [9.17, 15) is 13.2 Å². The van der Waals surface area contributed by atoms with Crippen LogP contribution in [0.1, 0.15) is 27.2 Å². The summed E-state index contributed by atoms with van der Waals surface area (Å²) in [6.07, 6.45) is 0.357. The molecule has 0 bridgehead atoms. The molecule has 1 aromatic rings. The summed E-state index contributed by atoms with van der Waals surface area (Å²) in [6.45, 7) is 10.5. The molecule has 8 nitrogen and oxygen atoms in total. The van der Waals surface area contributed by atoms with Gasteiger partial charge >= 0.3 is 0 Å². The number of nitrogens with one attached hydrogen (secondary N) is 1. The number of sulfone groups is 1. The fourth-order valence-electron chi connectivity index (χ4n) is 4.02. The van der Waals surface area contributed by atoms with E-state index in [-0.39, 0.29) is 11.7 Å². The van der Waals surface area contributed by atoms with Crippen LogP contribution in [0.15, 0.2) is 35.3 Å². The fraction of sp³-hybridized carbons (Fsp3) is 0.636. The molecule has 2 fully saturated rings. The van der Waals surface area contributed by atoms with Crippen LogP contribution in [0.4, 0.5) is 5.69 Å². The molecule has 0 saturated carbocycles. The van der Waals surface area contributed by atoms with E-state index in [2.05, 4.69) is 27.3 Å². The molecule has 2 aliphatic rings. The van der Waals surface area contributed by atoms with Gasteiger partial charge in [0.25, 0.3) is 0 Å².